The lowest BCUT2D eigenvalue weighted by atomic mass is 10.1. The molecular formula is C25H14BrF6N5O3. The van der Waals surface area contributed by atoms with Gasteiger partial charge in [-0.25, -0.2) is 9.69 Å². The molecule has 8 nitrogen and oxygen atoms in total. The van der Waals surface area contributed by atoms with Gasteiger partial charge < -0.3 is 0 Å². The SMILES string of the molecule is Cc1cc(Cn2nnn(-c3cc(C(F)(F)F)cc(C(F)(F)F)c3)c2=O)ccc1N1C(=O)c2cccc(Br)c2C1=O. The van der Waals surface area contributed by atoms with Crippen molar-refractivity contribution in [1.29, 1.82) is 0 Å². The molecule has 2 amide bonds. The minimum atomic E-state index is -5.11. The molecule has 15 heteroatoms. The number of amides is 2. The molecule has 0 atom stereocenters. The van der Waals surface area contributed by atoms with E-state index in [1.165, 1.54) is 18.2 Å². The molecule has 3 aromatic carbocycles. The Hall–Kier alpha value is -4.27. The number of benzene rings is 3. The highest BCUT2D eigenvalue weighted by atomic mass is 79.9. The van der Waals surface area contributed by atoms with E-state index in [1.807, 2.05) is 0 Å². The molecule has 40 heavy (non-hydrogen) atoms. The first-order valence-corrected chi connectivity index (χ1v) is 12.1. The number of halogens is 7. The molecule has 0 spiro atoms. The maximum atomic E-state index is 13.2. The van der Waals surface area contributed by atoms with Crippen LogP contribution in [0.1, 0.15) is 43.0 Å². The normalized spacial score (nSPS) is 13.8. The van der Waals surface area contributed by atoms with Crippen LogP contribution < -0.4 is 10.6 Å². The first-order valence-electron chi connectivity index (χ1n) is 11.3. The highest BCUT2D eigenvalue weighted by molar-refractivity contribution is 9.10. The van der Waals surface area contributed by atoms with Gasteiger partial charge >= 0.3 is 18.0 Å². The topological polar surface area (TPSA) is 90.1 Å². The quantitative estimate of drug-likeness (QED) is 0.224. The largest absolute Gasteiger partial charge is 0.416 e. The van der Waals surface area contributed by atoms with E-state index in [4.69, 9.17) is 0 Å². The molecule has 0 saturated carbocycles. The number of aromatic nitrogens is 4. The molecule has 0 fully saturated rings. The van der Waals surface area contributed by atoms with Crippen molar-refractivity contribution in [1.82, 2.24) is 19.8 Å². The van der Waals surface area contributed by atoms with Gasteiger partial charge in [0.25, 0.3) is 11.8 Å². The molecule has 0 bridgehead atoms. The van der Waals surface area contributed by atoms with Gasteiger partial charge in [0.2, 0.25) is 0 Å². The molecule has 206 valence electrons. The van der Waals surface area contributed by atoms with Crippen LogP contribution in [0.25, 0.3) is 5.69 Å². The van der Waals surface area contributed by atoms with E-state index >= 15 is 0 Å². The number of aryl methyl sites for hydroxylation is 1. The first kappa shape index (κ1) is 27.3. The third kappa shape index (κ3) is 4.69. The van der Waals surface area contributed by atoms with Crippen molar-refractivity contribution < 1.29 is 35.9 Å². The summed E-state index contributed by atoms with van der Waals surface area (Å²) in [7, 11) is 0. The standard InChI is InChI=1S/C25H14BrF6N5O3/c1-12-7-13(5-6-19(12)36-21(38)17-3-2-4-18(26)20(17)22(36)39)11-35-23(40)37(34-33-35)16-9-14(24(27,28)29)8-15(10-16)25(30,31)32/h2-10H,11H2,1H3. The molecule has 0 saturated heterocycles. The minimum absolute atomic E-state index is 0.0592. The predicted octanol–water partition coefficient (Wildman–Crippen LogP) is 5.39. The number of tetrazole rings is 1. The Bertz CT molecular complexity index is 1730. The summed E-state index contributed by atoms with van der Waals surface area (Å²) in [6.07, 6.45) is -10.2. The van der Waals surface area contributed by atoms with Crippen molar-refractivity contribution >= 4 is 33.4 Å². The number of hydrogen-bond acceptors (Lipinski definition) is 5. The molecule has 1 aliphatic rings. The van der Waals surface area contributed by atoms with Gasteiger partial charge in [-0.2, -0.15) is 35.7 Å². The smallest absolute Gasteiger partial charge is 0.268 e. The Morgan fingerprint density at radius 3 is 2.05 bits per heavy atom. The minimum Gasteiger partial charge on any atom is -0.268 e. The molecule has 2 heterocycles. The van der Waals surface area contributed by atoms with Gasteiger partial charge in [-0.3, -0.25) is 9.59 Å². The second-order valence-electron chi connectivity index (χ2n) is 8.82. The highest BCUT2D eigenvalue weighted by Crippen LogP contribution is 2.37. The van der Waals surface area contributed by atoms with Gasteiger partial charge in [0, 0.05) is 4.47 Å². The van der Waals surface area contributed by atoms with Crippen LogP contribution in [0.2, 0.25) is 0 Å². The van der Waals surface area contributed by atoms with Crippen LogP contribution in [0.15, 0.2) is 63.9 Å². The summed E-state index contributed by atoms with van der Waals surface area (Å²) < 4.78 is 80.9. The summed E-state index contributed by atoms with van der Waals surface area (Å²) in [5.41, 5.74) is -3.39. The fourth-order valence-electron chi connectivity index (χ4n) is 4.30. The van der Waals surface area contributed by atoms with Gasteiger partial charge in [0.1, 0.15) is 0 Å². The summed E-state index contributed by atoms with van der Waals surface area (Å²) in [5.74, 6) is -1.04. The lowest BCUT2D eigenvalue weighted by Gasteiger charge is -2.17. The van der Waals surface area contributed by atoms with Gasteiger partial charge in [0.15, 0.2) is 0 Å². The fourth-order valence-corrected chi connectivity index (χ4v) is 4.83. The third-order valence-corrected chi connectivity index (χ3v) is 6.82. The molecule has 0 N–H and O–H groups in total. The first-order chi connectivity index (χ1) is 18.7. The van der Waals surface area contributed by atoms with E-state index in [0.717, 1.165) is 9.58 Å². The number of rotatable bonds is 4. The van der Waals surface area contributed by atoms with Crippen LogP contribution in [0.5, 0.6) is 0 Å². The lowest BCUT2D eigenvalue weighted by Crippen LogP contribution is -2.30. The number of anilines is 1. The predicted molar refractivity (Wildman–Crippen MR) is 131 cm³/mol. The molecule has 5 rings (SSSR count). The summed E-state index contributed by atoms with van der Waals surface area (Å²) in [6, 6.07) is 10.0. The number of imide groups is 1. The van der Waals surface area contributed by atoms with Gasteiger partial charge in [0.05, 0.1) is 40.2 Å². The Balaban J connectivity index is 1.45. The van der Waals surface area contributed by atoms with Crippen molar-refractivity contribution in [2.24, 2.45) is 0 Å². The van der Waals surface area contributed by atoms with Gasteiger partial charge in [-0.05, 0) is 80.8 Å². The summed E-state index contributed by atoms with van der Waals surface area (Å²) in [5, 5.41) is 7.06. The zero-order chi connectivity index (χ0) is 29.1. The van der Waals surface area contributed by atoms with Gasteiger partial charge in [-0.1, -0.05) is 18.2 Å². The van der Waals surface area contributed by atoms with Crippen molar-refractivity contribution in [3.8, 4) is 5.69 Å². The molecule has 0 radical (unpaired) electrons. The third-order valence-electron chi connectivity index (χ3n) is 6.15. The Morgan fingerprint density at radius 1 is 0.825 bits per heavy atom. The zero-order valence-electron chi connectivity index (χ0n) is 20.0. The van der Waals surface area contributed by atoms with Crippen LogP contribution in [0, 0.1) is 6.92 Å². The summed E-state index contributed by atoms with van der Waals surface area (Å²) >= 11 is 3.28. The fraction of sp³-hybridized carbons (Fsp3) is 0.160. The summed E-state index contributed by atoms with van der Waals surface area (Å²) in [6.45, 7) is 1.37. The number of nitrogens with zero attached hydrogens (tertiary/aromatic N) is 5. The number of carbonyl (C=O) groups excluding carboxylic acids is 2. The van der Waals surface area contributed by atoms with Crippen LogP contribution >= 0.6 is 15.9 Å². The molecule has 1 aromatic heterocycles. The second kappa shape index (κ2) is 9.43. The number of hydrogen-bond donors (Lipinski definition) is 0. The van der Waals surface area contributed by atoms with Crippen molar-refractivity contribution in [3.63, 3.8) is 0 Å². The number of carbonyl (C=O) groups is 2. The van der Waals surface area contributed by atoms with E-state index in [1.54, 1.807) is 25.1 Å². The highest BCUT2D eigenvalue weighted by Gasteiger charge is 2.39. The molecule has 0 aliphatic carbocycles. The van der Waals surface area contributed by atoms with Crippen LogP contribution in [0.4, 0.5) is 32.0 Å². The van der Waals surface area contributed by atoms with Crippen LogP contribution in [-0.2, 0) is 18.9 Å². The van der Waals surface area contributed by atoms with Crippen LogP contribution in [-0.4, -0.2) is 31.6 Å². The van der Waals surface area contributed by atoms with Crippen molar-refractivity contribution in [2.75, 3.05) is 4.90 Å². The van der Waals surface area contributed by atoms with Gasteiger partial charge in [-0.15, -0.1) is 0 Å². The molecule has 1 aliphatic heterocycles. The average molecular weight is 626 g/mol. The molecule has 4 aromatic rings. The monoisotopic (exact) mass is 625 g/mol. The molecule has 0 unspecified atom stereocenters. The van der Waals surface area contributed by atoms with E-state index in [-0.39, 0.29) is 23.7 Å². The maximum absolute atomic E-state index is 13.2. The maximum Gasteiger partial charge on any atom is 0.416 e. The Morgan fingerprint density at radius 2 is 1.48 bits per heavy atom. The number of fused-ring (bicyclic) bond motifs is 1. The zero-order valence-corrected chi connectivity index (χ0v) is 21.6. The Labute approximate surface area is 228 Å². The Kier molecular flexibility index (Phi) is 6.44. The second-order valence-corrected chi connectivity index (χ2v) is 9.68. The van der Waals surface area contributed by atoms with E-state index in [9.17, 15) is 40.7 Å². The molecular weight excluding hydrogens is 612 g/mol. The van der Waals surface area contributed by atoms with Crippen molar-refractivity contribution in [3.05, 3.63) is 103 Å². The lowest BCUT2D eigenvalue weighted by molar-refractivity contribution is -0.143. The van der Waals surface area contributed by atoms with E-state index in [0.29, 0.717) is 38.1 Å². The summed E-state index contributed by atoms with van der Waals surface area (Å²) in [4.78, 5) is 39.8. The average Bonchev–Trinajstić information content (AvgIpc) is 3.35. The van der Waals surface area contributed by atoms with E-state index in [2.05, 4.69) is 26.4 Å². The van der Waals surface area contributed by atoms with Crippen LogP contribution in [0.3, 0.4) is 0 Å². The van der Waals surface area contributed by atoms with E-state index < -0.39 is 46.7 Å². The number of alkyl halides is 6. The van der Waals surface area contributed by atoms with Crippen molar-refractivity contribution in [2.45, 2.75) is 25.8 Å².